The lowest BCUT2D eigenvalue weighted by atomic mass is 9.90. The summed E-state index contributed by atoms with van der Waals surface area (Å²) in [6.45, 7) is 0.664. The second kappa shape index (κ2) is 7.55. The van der Waals surface area contributed by atoms with Crippen LogP contribution in [0, 0.1) is 5.92 Å². The molecule has 134 valence electrons. The highest BCUT2D eigenvalue weighted by atomic mass is 16.5. The first-order valence-electron chi connectivity index (χ1n) is 8.27. The summed E-state index contributed by atoms with van der Waals surface area (Å²) in [5.74, 6) is 3.96. The van der Waals surface area contributed by atoms with E-state index in [-0.39, 0.29) is 0 Å². The SMILES string of the molecule is COc1ccc(CC2COc3cc(OC)c(OC)c(OC)c3C2)cc1. The number of methoxy groups -OCH3 is 4. The average Bonchev–Trinajstić information content (AvgIpc) is 2.66. The summed E-state index contributed by atoms with van der Waals surface area (Å²) in [4.78, 5) is 0. The van der Waals surface area contributed by atoms with Crippen molar-refractivity contribution in [2.75, 3.05) is 35.0 Å². The summed E-state index contributed by atoms with van der Waals surface area (Å²) in [6, 6.07) is 10.0. The molecule has 0 bridgehead atoms. The van der Waals surface area contributed by atoms with Crippen molar-refractivity contribution in [1.82, 2.24) is 0 Å². The zero-order valence-corrected chi connectivity index (χ0v) is 15.1. The fourth-order valence-electron chi connectivity index (χ4n) is 3.30. The molecule has 1 unspecified atom stereocenters. The van der Waals surface area contributed by atoms with E-state index in [1.807, 2.05) is 18.2 Å². The first-order chi connectivity index (χ1) is 12.2. The molecule has 5 heteroatoms. The van der Waals surface area contributed by atoms with E-state index in [0.29, 0.717) is 29.8 Å². The lowest BCUT2D eigenvalue weighted by Crippen LogP contribution is -2.23. The summed E-state index contributed by atoms with van der Waals surface area (Å²) in [5.41, 5.74) is 2.29. The maximum absolute atomic E-state index is 6.00. The highest BCUT2D eigenvalue weighted by Crippen LogP contribution is 2.47. The van der Waals surface area contributed by atoms with E-state index in [1.165, 1.54) is 5.56 Å². The van der Waals surface area contributed by atoms with Crippen LogP contribution in [0.15, 0.2) is 30.3 Å². The van der Waals surface area contributed by atoms with Gasteiger partial charge in [0.05, 0.1) is 35.0 Å². The van der Waals surface area contributed by atoms with E-state index in [4.69, 9.17) is 23.7 Å². The van der Waals surface area contributed by atoms with Gasteiger partial charge < -0.3 is 23.7 Å². The van der Waals surface area contributed by atoms with Crippen molar-refractivity contribution < 1.29 is 23.7 Å². The molecule has 1 heterocycles. The van der Waals surface area contributed by atoms with Crippen molar-refractivity contribution >= 4 is 0 Å². The second-order valence-electron chi connectivity index (χ2n) is 6.06. The van der Waals surface area contributed by atoms with Gasteiger partial charge in [-0.1, -0.05) is 12.1 Å². The van der Waals surface area contributed by atoms with E-state index in [2.05, 4.69) is 12.1 Å². The van der Waals surface area contributed by atoms with Gasteiger partial charge in [0, 0.05) is 17.5 Å². The van der Waals surface area contributed by atoms with Crippen molar-refractivity contribution in [3.05, 3.63) is 41.5 Å². The maximum Gasteiger partial charge on any atom is 0.203 e. The third kappa shape index (κ3) is 3.45. The minimum absolute atomic E-state index is 0.368. The van der Waals surface area contributed by atoms with E-state index in [1.54, 1.807) is 28.4 Å². The Hall–Kier alpha value is -2.56. The number of hydrogen-bond acceptors (Lipinski definition) is 5. The van der Waals surface area contributed by atoms with E-state index < -0.39 is 0 Å². The third-order valence-corrected chi connectivity index (χ3v) is 4.54. The van der Waals surface area contributed by atoms with Crippen molar-refractivity contribution in [3.8, 4) is 28.7 Å². The van der Waals surface area contributed by atoms with Crippen LogP contribution in [0.1, 0.15) is 11.1 Å². The predicted molar refractivity (Wildman–Crippen MR) is 95.5 cm³/mol. The third-order valence-electron chi connectivity index (χ3n) is 4.54. The Kier molecular flexibility index (Phi) is 5.22. The minimum atomic E-state index is 0.368. The number of fused-ring (bicyclic) bond motifs is 1. The number of ether oxygens (including phenoxy) is 5. The predicted octanol–water partition coefficient (Wildman–Crippen LogP) is 3.51. The molecule has 5 nitrogen and oxygen atoms in total. The van der Waals surface area contributed by atoms with Gasteiger partial charge in [-0.2, -0.15) is 0 Å². The maximum atomic E-state index is 6.00. The van der Waals surface area contributed by atoms with Crippen LogP contribution in [0.3, 0.4) is 0 Å². The van der Waals surface area contributed by atoms with Gasteiger partial charge in [-0.05, 0) is 30.5 Å². The average molecular weight is 344 g/mol. The van der Waals surface area contributed by atoms with Gasteiger partial charge in [0.2, 0.25) is 5.75 Å². The molecule has 0 fully saturated rings. The lowest BCUT2D eigenvalue weighted by molar-refractivity contribution is 0.213. The van der Waals surface area contributed by atoms with Gasteiger partial charge >= 0.3 is 0 Å². The Balaban J connectivity index is 1.84. The highest BCUT2D eigenvalue weighted by molar-refractivity contribution is 5.62. The van der Waals surface area contributed by atoms with Gasteiger partial charge in [0.15, 0.2) is 11.5 Å². The fourth-order valence-corrected chi connectivity index (χ4v) is 3.30. The number of rotatable bonds is 6. The molecule has 0 aromatic heterocycles. The van der Waals surface area contributed by atoms with Crippen molar-refractivity contribution in [2.24, 2.45) is 5.92 Å². The van der Waals surface area contributed by atoms with Crippen LogP contribution in [0.2, 0.25) is 0 Å². The summed E-state index contributed by atoms with van der Waals surface area (Å²) < 4.78 is 27.7. The molecule has 0 saturated carbocycles. The van der Waals surface area contributed by atoms with Crippen LogP contribution in [0.25, 0.3) is 0 Å². The molecule has 1 aliphatic rings. The molecular formula is C20H24O5. The zero-order chi connectivity index (χ0) is 17.8. The van der Waals surface area contributed by atoms with Gasteiger partial charge in [0.25, 0.3) is 0 Å². The van der Waals surface area contributed by atoms with E-state index in [0.717, 1.165) is 29.9 Å². The Labute approximate surface area is 148 Å². The first kappa shape index (κ1) is 17.3. The van der Waals surface area contributed by atoms with E-state index >= 15 is 0 Å². The molecule has 0 spiro atoms. The summed E-state index contributed by atoms with van der Waals surface area (Å²) in [7, 11) is 6.55. The van der Waals surface area contributed by atoms with Gasteiger partial charge in [-0.3, -0.25) is 0 Å². The van der Waals surface area contributed by atoms with E-state index in [9.17, 15) is 0 Å². The quantitative estimate of drug-likeness (QED) is 0.802. The summed E-state index contributed by atoms with van der Waals surface area (Å²) in [5, 5.41) is 0. The Bertz CT molecular complexity index is 724. The molecule has 0 radical (unpaired) electrons. The van der Waals surface area contributed by atoms with Gasteiger partial charge in [-0.25, -0.2) is 0 Å². The molecule has 2 aromatic rings. The van der Waals surface area contributed by atoms with Crippen LogP contribution in [0.4, 0.5) is 0 Å². The Morgan fingerprint density at radius 2 is 1.64 bits per heavy atom. The Morgan fingerprint density at radius 1 is 0.920 bits per heavy atom. The van der Waals surface area contributed by atoms with Crippen LogP contribution >= 0.6 is 0 Å². The summed E-state index contributed by atoms with van der Waals surface area (Å²) in [6.07, 6.45) is 1.80. The van der Waals surface area contributed by atoms with Gasteiger partial charge in [0.1, 0.15) is 11.5 Å². The minimum Gasteiger partial charge on any atom is -0.497 e. The van der Waals surface area contributed by atoms with Crippen molar-refractivity contribution in [1.29, 1.82) is 0 Å². The molecule has 1 atom stereocenters. The summed E-state index contributed by atoms with van der Waals surface area (Å²) >= 11 is 0. The lowest BCUT2D eigenvalue weighted by Gasteiger charge is -2.28. The number of hydrogen-bond donors (Lipinski definition) is 0. The topological polar surface area (TPSA) is 46.2 Å². The first-order valence-corrected chi connectivity index (χ1v) is 8.27. The standard InChI is InChI=1S/C20H24O5/c1-21-15-7-5-13(6-8-15)9-14-10-16-17(25-12-14)11-18(22-2)20(24-4)19(16)23-3/h5-8,11,14H,9-10,12H2,1-4H3. The molecule has 0 aliphatic carbocycles. The molecule has 0 N–H and O–H groups in total. The smallest absolute Gasteiger partial charge is 0.203 e. The number of benzene rings is 2. The molecule has 25 heavy (non-hydrogen) atoms. The normalized spacial score (nSPS) is 15.8. The Morgan fingerprint density at radius 3 is 2.24 bits per heavy atom. The molecule has 3 rings (SSSR count). The molecule has 1 aliphatic heterocycles. The van der Waals surface area contributed by atoms with Crippen molar-refractivity contribution in [3.63, 3.8) is 0 Å². The molecule has 0 saturated heterocycles. The molecule has 2 aromatic carbocycles. The zero-order valence-electron chi connectivity index (χ0n) is 15.1. The van der Waals surface area contributed by atoms with Crippen LogP contribution in [-0.2, 0) is 12.8 Å². The van der Waals surface area contributed by atoms with Crippen LogP contribution < -0.4 is 23.7 Å². The second-order valence-corrected chi connectivity index (χ2v) is 6.06. The van der Waals surface area contributed by atoms with Gasteiger partial charge in [-0.15, -0.1) is 0 Å². The fraction of sp³-hybridized carbons (Fsp3) is 0.400. The molecular weight excluding hydrogens is 320 g/mol. The van der Waals surface area contributed by atoms with Crippen LogP contribution in [0.5, 0.6) is 28.7 Å². The monoisotopic (exact) mass is 344 g/mol. The largest absolute Gasteiger partial charge is 0.497 e. The highest BCUT2D eigenvalue weighted by Gasteiger charge is 2.28. The molecule has 0 amide bonds. The van der Waals surface area contributed by atoms with Crippen LogP contribution in [-0.4, -0.2) is 35.0 Å². The van der Waals surface area contributed by atoms with Crippen molar-refractivity contribution in [2.45, 2.75) is 12.8 Å².